The summed E-state index contributed by atoms with van der Waals surface area (Å²) in [6, 6.07) is 4.71. The predicted molar refractivity (Wildman–Crippen MR) is 67.5 cm³/mol. The third-order valence-electron chi connectivity index (χ3n) is 3.04. The summed E-state index contributed by atoms with van der Waals surface area (Å²) >= 11 is 0. The van der Waals surface area contributed by atoms with Crippen LogP contribution in [0.15, 0.2) is 18.2 Å². The van der Waals surface area contributed by atoms with Crippen molar-refractivity contribution in [2.45, 2.75) is 31.8 Å². The Morgan fingerprint density at radius 3 is 3.06 bits per heavy atom. The van der Waals surface area contributed by atoms with E-state index in [1.165, 1.54) is 12.5 Å². The largest absolute Gasteiger partial charge is 0.399 e. The van der Waals surface area contributed by atoms with Crippen molar-refractivity contribution in [2.75, 3.05) is 24.2 Å². The van der Waals surface area contributed by atoms with Crippen LogP contribution in [-0.2, 0) is 4.74 Å². The van der Waals surface area contributed by atoms with Gasteiger partial charge in [0.2, 0.25) is 0 Å². The number of hydrogen-bond donors (Lipinski definition) is 2. The fourth-order valence-electron chi connectivity index (χ4n) is 2.10. The maximum Gasteiger partial charge on any atom is 0.148 e. The molecule has 1 heterocycles. The topological polar surface area (TPSA) is 47.3 Å². The molecule has 1 aliphatic heterocycles. The standard InChI is InChI=1S/C13H19FN2O/c14-12-9-10(15)5-6-13(12)16-7-1-3-11-4-2-8-17-11/h5-6,9,11,16H,1-4,7-8,15H2. The van der Waals surface area contributed by atoms with Crippen LogP contribution in [0.25, 0.3) is 0 Å². The van der Waals surface area contributed by atoms with Gasteiger partial charge in [-0.1, -0.05) is 0 Å². The van der Waals surface area contributed by atoms with E-state index >= 15 is 0 Å². The number of anilines is 2. The maximum atomic E-state index is 13.4. The molecule has 2 rings (SSSR count). The molecule has 1 unspecified atom stereocenters. The zero-order valence-corrected chi connectivity index (χ0v) is 9.92. The summed E-state index contributed by atoms with van der Waals surface area (Å²) in [5, 5.41) is 3.08. The van der Waals surface area contributed by atoms with Gasteiger partial charge in [-0.25, -0.2) is 4.39 Å². The van der Waals surface area contributed by atoms with Gasteiger partial charge in [-0.2, -0.15) is 0 Å². The van der Waals surface area contributed by atoms with Crippen molar-refractivity contribution in [1.29, 1.82) is 0 Å². The van der Waals surface area contributed by atoms with Gasteiger partial charge >= 0.3 is 0 Å². The van der Waals surface area contributed by atoms with Crippen molar-refractivity contribution >= 4 is 11.4 Å². The van der Waals surface area contributed by atoms with E-state index in [0.717, 1.165) is 32.4 Å². The number of hydrogen-bond acceptors (Lipinski definition) is 3. The number of benzene rings is 1. The Morgan fingerprint density at radius 2 is 2.35 bits per heavy atom. The van der Waals surface area contributed by atoms with Crippen LogP contribution in [0.2, 0.25) is 0 Å². The number of nitrogen functional groups attached to an aromatic ring is 1. The highest BCUT2D eigenvalue weighted by molar-refractivity contribution is 5.52. The molecule has 1 fully saturated rings. The fraction of sp³-hybridized carbons (Fsp3) is 0.538. The van der Waals surface area contributed by atoms with Gasteiger partial charge < -0.3 is 15.8 Å². The highest BCUT2D eigenvalue weighted by Gasteiger charge is 2.14. The predicted octanol–water partition coefficient (Wildman–Crippen LogP) is 2.78. The average molecular weight is 238 g/mol. The number of ether oxygens (including phenoxy) is 1. The van der Waals surface area contributed by atoms with E-state index in [9.17, 15) is 4.39 Å². The van der Waals surface area contributed by atoms with Gasteiger partial charge in [0.05, 0.1) is 11.8 Å². The molecule has 1 saturated heterocycles. The molecule has 0 aliphatic carbocycles. The first kappa shape index (κ1) is 12.2. The molecule has 0 radical (unpaired) electrons. The number of nitrogens with one attached hydrogen (secondary N) is 1. The molecule has 3 N–H and O–H groups in total. The van der Waals surface area contributed by atoms with Crippen molar-refractivity contribution in [3.05, 3.63) is 24.0 Å². The smallest absolute Gasteiger partial charge is 0.148 e. The van der Waals surface area contributed by atoms with Crippen LogP contribution in [0.3, 0.4) is 0 Å². The van der Waals surface area contributed by atoms with Crippen LogP contribution in [0.5, 0.6) is 0 Å². The second-order valence-corrected chi connectivity index (χ2v) is 4.44. The summed E-state index contributed by atoms with van der Waals surface area (Å²) in [6.45, 7) is 1.66. The lowest BCUT2D eigenvalue weighted by atomic mass is 10.1. The van der Waals surface area contributed by atoms with Crippen LogP contribution in [0.1, 0.15) is 25.7 Å². The number of halogens is 1. The molecule has 94 valence electrons. The van der Waals surface area contributed by atoms with Crippen LogP contribution < -0.4 is 11.1 Å². The lowest BCUT2D eigenvalue weighted by molar-refractivity contribution is 0.103. The summed E-state index contributed by atoms with van der Waals surface area (Å²) in [5.41, 5.74) is 6.45. The lowest BCUT2D eigenvalue weighted by Gasteiger charge is -2.11. The molecule has 4 heteroatoms. The molecule has 1 atom stereocenters. The first-order valence-electron chi connectivity index (χ1n) is 6.16. The van der Waals surface area contributed by atoms with Gasteiger partial charge in [0.15, 0.2) is 0 Å². The Morgan fingerprint density at radius 1 is 1.47 bits per heavy atom. The molecule has 3 nitrogen and oxygen atoms in total. The Kier molecular flexibility index (Phi) is 4.20. The van der Waals surface area contributed by atoms with E-state index in [1.54, 1.807) is 12.1 Å². The van der Waals surface area contributed by atoms with Crippen molar-refractivity contribution in [3.8, 4) is 0 Å². The van der Waals surface area contributed by atoms with Gasteiger partial charge in [-0.15, -0.1) is 0 Å². The SMILES string of the molecule is Nc1ccc(NCCCC2CCCO2)c(F)c1. The number of nitrogens with two attached hydrogens (primary N) is 1. The zero-order valence-electron chi connectivity index (χ0n) is 9.92. The fourth-order valence-corrected chi connectivity index (χ4v) is 2.10. The Balaban J connectivity index is 1.70. The van der Waals surface area contributed by atoms with Gasteiger partial charge in [0.1, 0.15) is 5.82 Å². The van der Waals surface area contributed by atoms with E-state index in [4.69, 9.17) is 10.5 Å². The van der Waals surface area contributed by atoms with Gasteiger partial charge in [0.25, 0.3) is 0 Å². The Hall–Kier alpha value is -1.29. The quantitative estimate of drug-likeness (QED) is 0.612. The van der Waals surface area contributed by atoms with Gasteiger partial charge in [-0.05, 0) is 43.9 Å². The summed E-state index contributed by atoms with van der Waals surface area (Å²) in [6.07, 6.45) is 4.78. The minimum absolute atomic E-state index is 0.290. The highest BCUT2D eigenvalue weighted by Crippen LogP contribution is 2.19. The van der Waals surface area contributed by atoms with Crippen LogP contribution in [0, 0.1) is 5.82 Å². The molecular formula is C13H19FN2O. The normalized spacial score (nSPS) is 19.5. The first-order chi connectivity index (χ1) is 8.25. The minimum Gasteiger partial charge on any atom is -0.399 e. The van der Waals surface area contributed by atoms with E-state index in [-0.39, 0.29) is 5.82 Å². The molecule has 0 saturated carbocycles. The van der Waals surface area contributed by atoms with Gasteiger partial charge in [0, 0.05) is 18.8 Å². The first-order valence-corrected chi connectivity index (χ1v) is 6.16. The second kappa shape index (κ2) is 5.87. The van der Waals surface area contributed by atoms with E-state index < -0.39 is 0 Å². The summed E-state index contributed by atoms with van der Waals surface area (Å²) in [7, 11) is 0. The van der Waals surface area contributed by atoms with Crippen molar-refractivity contribution in [2.24, 2.45) is 0 Å². The molecule has 0 amide bonds. The molecule has 0 aromatic heterocycles. The third-order valence-corrected chi connectivity index (χ3v) is 3.04. The molecule has 1 aliphatic rings. The van der Waals surface area contributed by atoms with Crippen LogP contribution in [0.4, 0.5) is 15.8 Å². The van der Waals surface area contributed by atoms with Gasteiger partial charge in [-0.3, -0.25) is 0 Å². The molecule has 17 heavy (non-hydrogen) atoms. The van der Waals surface area contributed by atoms with E-state index in [0.29, 0.717) is 17.5 Å². The van der Waals surface area contributed by atoms with Crippen molar-refractivity contribution < 1.29 is 9.13 Å². The van der Waals surface area contributed by atoms with Crippen LogP contribution >= 0.6 is 0 Å². The Labute approximate surface area is 101 Å². The molecule has 1 aromatic rings. The van der Waals surface area contributed by atoms with Crippen molar-refractivity contribution in [1.82, 2.24) is 0 Å². The molecule has 1 aromatic carbocycles. The average Bonchev–Trinajstić information content (AvgIpc) is 2.79. The summed E-state index contributed by atoms with van der Waals surface area (Å²) < 4.78 is 18.9. The highest BCUT2D eigenvalue weighted by atomic mass is 19.1. The maximum absolute atomic E-state index is 13.4. The third kappa shape index (κ3) is 3.60. The second-order valence-electron chi connectivity index (χ2n) is 4.44. The summed E-state index contributed by atoms with van der Waals surface area (Å²) in [4.78, 5) is 0. The summed E-state index contributed by atoms with van der Waals surface area (Å²) in [5.74, 6) is -0.290. The molecule has 0 spiro atoms. The van der Waals surface area contributed by atoms with Crippen molar-refractivity contribution in [3.63, 3.8) is 0 Å². The zero-order chi connectivity index (χ0) is 12.1. The molecular weight excluding hydrogens is 219 g/mol. The molecule has 0 bridgehead atoms. The Bertz CT molecular complexity index is 364. The monoisotopic (exact) mass is 238 g/mol. The number of rotatable bonds is 5. The van der Waals surface area contributed by atoms with E-state index in [2.05, 4.69) is 5.32 Å². The minimum atomic E-state index is -0.290. The van der Waals surface area contributed by atoms with Crippen LogP contribution in [-0.4, -0.2) is 19.3 Å². The van der Waals surface area contributed by atoms with E-state index in [1.807, 2.05) is 0 Å². The lowest BCUT2D eigenvalue weighted by Crippen LogP contribution is -2.09.